The zero-order valence-electron chi connectivity index (χ0n) is 7.71. The van der Waals surface area contributed by atoms with Gasteiger partial charge in [-0.1, -0.05) is 12.2 Å². The van der Waals surface area contributed by atoms with Gasteiger partial charge in [-0.15, -0.1) is 17.0 Å². The van der Waals surface area contributed by atoms with Crippen LogP contribution in [0.25, 0.3) is 0 Å². The summed E-state index contributed by atoms with van der Waals surface area (Å²) < 4.78 is 0. The molecule has 1 aliphatic heterocycles. The molecule has 0 bridgehead atoms. The highest BCUT2D eigenvalue weighted by atomic mass is 79.9. The van der Waals surface area contributed by atoms with Crippen molar-refractivity contribution in [1.29, 1.82) is 0 Å². The van der Waals surface area contributed by atoms with Crippen molar-refractivity contribution < 1.29 is 5.11 Å². The van der Waals surface area contributed by atoms with Crippen molar-refractivity contribution in [2.24, 2.45) is 4.99 Å². The Labute approximate surface area is 88.9 Å². The Morgan fingerprint density at radius 3 is 3.00 bits per heavy atom. The molecule has 1 unspecified atom stereocenters. The Kier molecular flexibility index (Phi) is 5.73. The molecule has 0 aromatic heterocycles. The van der Waals surface area contributed by atoms with Gasteiger partial charge in [-0.3, -0.25) is 4.99 Å². The van der Waals surface area contributed by atoms with E-state index >= 15 is 0 Å². The lowest BCUT2D eigenvalue weighted by molar-refractivity contribution is 0.180. The Morgan fingerprint density at radius 1 is 1.85 bits per heavy atom. The molecule has 0 saturated heterocycles. The van der Waals surface area contributed by atoms with E-state index < -0.39 is 0 Å². The van der Waals surface area contributed by atoms with Crippen LogP contribution >= 0.6 is 17.0 Å². The number of halogens is 1. The van der Waals surface area contributed by atoms with E-state index in [-0.39, 0.29) is 23.1 Å². The van der Waals surface area contributed by atoms with E-state index in [9.17, 15) is 0 Å². The van der Waals surface area contributed by atoms with Gasteiger partial charge >= 0.3 is 0 Å². The maximum atomic E-state index is 9.09. The number of hydrogen-bond acceptors (Lipinski definition) is 4. The van der Waals surface area contributed by atoms with Crippen LogP contribution in [0.4, 0.5) is 0 Å². The zero-order valence-corrected chi connectivity index (χ0v) is 9.42. The number of β-amino-alcohol motifs (C(OH)–C–C–N with tert-alkyl or cyclic N) is 1. The van der Waals surface area contributed by atoms with Gasteiger partial charge in [-0.05, 0) is 6.92 Å². The summed E-state index contributed by atoms with van der Waals surface area (Å²) in [5.74, 6) is 0.753. The number of rotatable bonds is 2. The van der Waals surface area contributed by atoms with Crippen molar-refractivity contribution >= 4 is 22.9 Å². The van der Waals surface area contributed by atoms with Crippen LogP contribution in [-0.4, -0.2) is 36.8 Å². The Bertz CT molecular complexity index is 206. The lowest BCUT2D eigenvalue weighted by Gasteiger charge is -2.19. The van der Waals surface area contributed by atoms with Crippen molar-refractivity contribution in [2.75, 3.05) is 19.6 Å². The summed E-state index contributed by atoms with van der Waals surface area (Å²) in [5, 5.41) is 15.1. The van der Waals surface area contributed by atoms with Crippen LogP contribution in [0.15, 0.2) is 17.1 Å². The van der Waals surface area contributed by atoms with Gasteiger partial charge in [0.25, 0.3) is 0 Å². The number of aliphatic hydroxyl groups excluding tert-OH is 1. The van der Waals surface area contributed by atoms with E-state index in [4.69, 9.17) is 5.11 Å². The highest BCUT2D eigenvalue weighted by Crippen LogP contribution is 1.90. The van der Waals surface area contributed by atoms with Gasteiger partial charge in [-0.25, -0.2) is 0 Å². The summed E-state index contributed by atoms with van der Waals surface area (Å²) >= 11 is 0. The molecule has 0 amide bonds. The Balaban J connectivity index is 0.00000144. The van der Waals surface area contributed by atoms with Gasteiger partial charge in [-0.2, -0.15) is 0 Å². The third kappa shape index (κ3) is 4.90. The van der Waals surface area contributed by atoms with Crippen LogP contribution < -0.4 is 10.6 Å². The van der Waals surface area contributed by atoms with Crippen molar-refractivity contribution in [3.63, 3.8) is 0 Å². The van der Waals surface area contributed by atoms with Gasteiger partial charge in [0.15, 0.2) is 5.96 Å². The maximum absolute atomic E-state index is 9.09. The predicted octanol–water partition coefficient (Wildman–Crippen LogP) is 0.0501. The van der Waals surface area contributed by atoms with Crippen molar-refractivity contribution in [3.05, 3.63) is 12.2 Å². The van der Waals surface area contributed by atoms with Crippen molar-refractivity contribution in [3.8, 4) is 0 Å². The minimum atomic E-state index is -0.347. The van der Waals surface area contributed by atoms with E-state index in [1.54, 1.807) is 0 Å². The second-order valence-corrected chi connectivity index (χ2v) is 3.03. The minimum Gasteiger partial charge on any atom is -0.389 e. The average Bonchev–Trinajstić information content (AvgIpc) is 2.03. The number of aliphatic hydroxyl groups is 1. The molecule has 0 saturated carbocycles. The Hall–Kier alpha value is -0.550. The topological polar surface area (TPSA) is 56.7 Å². The lowest BCUT2D eigenvalue weighted by Crippen LogP contribution is -2.46. The number of guanidine groups is 1. The summed E-state index contributed by atoms with van der Waals surface area (Å²) in [7, 11) is 0. The molecule has 1 atom stereocenters. The average molecular weight is 250 g/mol. The highest BCUT2D eigenvalue weighted by molar-refractivity contribution is 8.93. The fourth-order valence-electron chi connectivity index (χ4n) is 0.885. The normalized spacial score (nSPS) is 20.8. The standard InChI is InChI=1S/C8H15N3O.BrH/c1-6(2)3-9-8-10-4-7(12)5-11-8;/h7,12H,1,3-5H2,2H3,(H2,9,10,11);1H. The van der Waals surface area contributed by atoms with Gasteiger partial charge in [0.1, 0.15) is 0 Å². The second kappa shape index (κ2) is 5.99. The largest absolute Gasteiger partial charge is 0.389 e. The van der Waals surface area contributed by atoms with Gasteiger partial charge in [0, 0.05) is 13.1 Å². The molecule has 0 fully saturated rings. The summed E-state index contributed by atoms with van der Waals surface area (Å²) in [4.78, 5) is 4.09. The molecule has 3 N–H and O–H groups in total. The number of aliphatic imine (C=N–C) groups is 1. The van der Waals surface area contributed by atoms with E-state index in [1.807, 2.05) is 6.92 Å². The fraction of sp³-hybridized carbons (Fsp3) is 0.625. The molecule has 5 heteroatoms. The summed E-state index contributed by atoms with van der Waals surface area (Å²) in [6.07, 6.45) is -0.347. The summed E-state index contributed by atoms with van der Waals surface area (Å²) in [6.45, 7) is 7.48. The minimum absolute atomic E-state index is 0. The maximum Gasteiger partial charge on any atom is 0.191 e. The van der Waals surface area contributed by atoms with Crippen LogP contribution in [0.5, 0.6) is 0 Å². The first kappa shape index (κ1) is 12.4. The molecule has 4 nitrogen and oxygen atoms in total. The SMILES string of the molecule is Br.C=C(C)CNC1=NCC(O)CN1. The fourth-order valence-corrected chi connectivity index (χ4v) is 0.885. The molecule has 1 heterocycles. The van der Waals surface area contributed by atoms with Crippen molar-refractivity contribution in [1.82, 2.24) is 10.6 Å². The monoisotopic (exact) mass is 249 g/mol. The first-order chi connectivity index (χ1) is 5.68. The number of hydrogen-bond donors (Lipinski definition) is 3. The molecular weight excluding hydrogens is 234 g/mol. The summed E-state index contributed by atoms with van der Waals surface area (Å²) in [5.41, 5.74) is 1.06. The van der Waals surface area contributed by atoms with Crippen LogP contribution in [0.1, 0.15) is 6.92 Å². The predicted molar refractivity (Wildman–Crippen MR) is 59.5 cm³/mol. The van der Waals surface area contributed by atoms with Gasteiger partial charge < -0.3 is 15.7 Å². The molecule has 13 heavy (non-hydrogen) atoms. The van der Waals surface area contributed by atoms with Crippen molar-refractivity contribution in [2.45, 2.75) is 13.0 Å². The molecule has 76 valence electrons. The third-order valence-corrected chi connectivity index (χ3v) is 1.52. The smallest absolute Gasteiger partial charge is 0.191 e. The molecule has 0 spiro atoms. The lowest BCUT2D eigenvalue weighted by atomic mass is 10.3. The van der Waals surface area contributed by atoms with Crippen LogP contribution in [0.3, 0.4) is 0 Å². The molecule has 0 aromatic rings. The quantitative estimate of drug-likeness (QED) is 0.607. The molecular formula is C8H16BrN3O. The number of nitrogens with zero attached hydrogens (tertiary/aromatic N) is 1. The first-order valence-electron chi connectivity index (χ1n) is 4.03. The summed E-state index contributed by atoms with van der Waals surface area (Å²) in [6, 6.07) is 0. The molecule has 0 aromatic carbocycles. The Morgan fingerprint density at radius 2 is 2.54 bits per heavy atom. The molecule has 1 aliphatic rings. The van der Waals surface area contributed by atoms with E-state index in [0.29, 0.717) is 13.1 Å². The van der Waals surface area contributed by atoms with E-state index in [0.717, 1.165) is 18.1 Å². The van der Waals surface area contributed by atoms with Gasteiger partial charge in [0.05, 0.1) is 12.6 Å². The third-order valence-electron chi connectivity index (χ3n) is 1.52. The molecule has 1 rings (SSSR count). The van der Waals surface area contributed by atoms with E-state index in [2.05, 4.69) is 22.2 Å². The highest BCUT2D eigenvalue weighted by Gasteiger charge is 2.10. The molecule has 0 radical (unpaired) electrons. The van der Waals surface area contributed by atoms with E-state index in [1.165, 1.54) is 0 Å². The van der Waals surface area contributed by atoms with Gasteiger partial charge in [0.2, 0.25) is 0 Å². The number of nitrogens with one attached hydrogen (secondary N) is 2. The first-order valence-corrected chi connectivity index (χ1v) is 4.03. The molecule has 0 aliphatic carbocycles. The second-order valence-electron chi connectivity index (χ2n) is 3.03. The van der Waals surface area contributed by atoms with Crippen LogP contribution in [-0.2, 0) is 0 Å². The van der Waals surface area contributed by atoms with Crippen LogP contribution in [0.2, 0.25) is 0 Å². The van der Waals surface area contributed by atoms with Crippen LogP contribution in [0, 0.1) is 0 Å². The zero-order chi connectivity index (χ0) is 8.97.